The third-order valence-electron chi connectivity index (χ3n) is 4.94. The van der Waals surface area contributed by atoms with E-state index in [1.54, 1.807) is 0 Å². The van der Waals surface area contributed by atoms with Crippen LogP contribution >= 0.6 is 0 Å². The highest BCUT2D eigenvalue weighted by Crippen LogP contribution is 2.48. The summed E-state index contributed by atoms with van der Waals surface area (Å²) in [7, 11) is 0. The molecule has 0 radical (unpaired) electrons. The van der Waals surface area contributed by atoms with E-state index < -0.39 is 11.6 Å². The van der Waals surface area contributed by atoms with Gasteiger partial charge < -0.3 is 10.4 Å². The summed E-state index contributed by atoms with van der Waals surface area (Å²) >= 11 is 0. The zero-order valence-electron chi connectivity index (χ0n) is 12.4. The molecule has 1 aromatic rings. The van der Waals surface area contributed by atoms with Crippen LogP contribution in [0.3, 0.4) is 0 Å². The van der Waals surface area contributed by atoms with E-state index >= 15 is 0 Å². The maximum atomic E-state index is 13.7. The maximum Gasteiger partial charge on any atom is 0.223 e. The normalized spacial score (nSPS) is 30.9. The molecule has 2 saturated carbocycles. The van der Waals surface area contributed by atoms with E-state index in [1.807, 2.05) is 0 Å². The lowest BCUT2D eigenvalue weighted by molar-refractivity contribution is -0.123. The van der Waals surface area contributed by atoms with Crippen LogP contribution in [0.1, 0.15) is 43.6 Å². The van der Waals surface area contributed by atoms with Crippen molar-refractivity contribution >= 4 is 5.91 Å². The molecule has 0 spiro atoms. The van der Waals surface area contributed by atoms with Crippen LogP contribution in [0, 0.1) is 23.5 Å². The Kier molecular flexibility index (Phi) is 4.43. The van der Waals surface area contributed by atoms with Crippen LogP contribution in [-0.4, -0.2) is 23.7 Å². The number of carbonyl (C=O) groups excluding carboxylic acids is 1. The average molecular weight is 309 g/mol. The maximum absolute atomic E-state index is 13.7. The van der Waals surface area contributed by atoms with Gasteiger partial charge in [-0.15, -0.1) is 0 Å². The summed E-state index contributed by atoms with van der Waals surface area (Å²) < 4.78 is 26.9. The first-order valence-corrected chi connectivity index (χ1v) is 7.94. The fourth-order valence-electron chi connectivity index (χ4n) is 3.42. The summed E-state index contributed by atoms with van der Waals surface area (Å²) in [6, 6.07) is 3.55. The Morgan fingerprint density at radius 3 is 2.64 bits per heavy atom. The minimum Gasteiger partial charge on any atom is -0.396 e. The number of hydrogen-bond acceptors (Lipinski definition) is 2. The second kappa shape index (κ2) is 6.32. The van der Waals surface area contributed by atoms with Crippen LogP contribution in [-0.2, 0) is 4.79 Å². The number of carbonyl (C=O) groups is 1. The Bertz CT molecular complexity index is 556. The van der Waals surface area contributed by atoms with Gasteiger partial charge in [0.1, 0.15) is 11.6 Å². The van der Waals surface area contributed by atoms with Crippen molar-refractivity contribution in [2.75, 3.05) is 6.61 Å². The predicted octanol–water partition coefficient (Wildman–Crippen LogP) is 2.74. The van der Waals surface area contributed by atoms with Gasteiger partial charge in [0.15, 0.2) is 0 Å². The van der Waals surface area contributed by atoms with Crippen molar-refractivity contribution in [3.63, 3.8) is 0 Å². The molecular weight excluding hydrogens is 288 g/mol. The summed E-state index contributed by atoms with van der Waals surface area (Å²) in [6.45, 7) is 0.213. The number of hydrogen-bond donors (Lipinski definition) is 2. The average Bonchev–Trinajstić information content (AvgIpc) is 3.31. The molecule has 1 aromatic carbocycles. The lowest BCUT2D eigenvalue weighted by Gasteiger charge is -2.28. The quantitative estimate of drug-likeness (QED) is 0.898. The molecular formula is C17H21F2NO2. The first kappa shape index (κ1) is 15.4. The molecule has 120 valence electrons. The molecule has 2 atom stereocenters. The first-order valence-electron chi connectivity index (χ1n) is 7.94. The largest absolute Gasteiger partial charge is 0.396 e. The molecule has 0 heterocycles. The molecule has 3 nitrogen and oxygen atoms in total. The molecule has 2 unspecified atom stereocenters. The van der Waals surface area contributed by atoms with Crippen molar-refractivity contribution in [1.29, 1.82) is 0 Å². The molecule has 1 amide bonds. The number of aliphatic hydroxyl groups excluding tert-OH is 1. The summed E-state index contributed by atoms with van der Waals surface area (Å²) in [5.41, 5.74) is 0.309. The van der Waals surface area contributed by atoms with Gasteiger partial charge in [-0.25, -0.2) is 8.78 Å². The number of halogens is 2. The minimum absolute atomic E-state index is 0.0545. The molecule has 0 bridgehead atoms. The van der Waals surface area contributed by atoms with E-state index in [1.165, 1.54) is 6.07 Å². The minimum atomic E-state index is -0.468. The van der Waals surface area contributed by atoms with Gasteiger partial charge in [-0.2, -0.15) is 0 Å². The fraction of sp³-hybridized carbons (Fsp3) is 0.588. The third-order valence-corrected chi connectivity index (χ3v) is 4.94. The zero-order chi connectivity index (χ0) is 15.7. The van der Waals surface area contributed by atoms with Gasteiger partial charge in [0.2, 0.25) is 5.91 Å². The Labute approximate surface area is 128 Å². The van der Waals surface area contributed by atoms with E-state index in [4.69, 9.17) is 5.11 Å². The monoisotopic (exact) mass is 309 g/mol. The van der Waals surface area contributed by atoms with E-state index in [0.29, 0.717) is 17.9 Å². The Morgan fingerprint density at radius 1 is 1.23 bits per heavy atom. The van der Waals surface area contributed by atoms with Gasteiger partial charge in [-0.3, -0.25) is 4.79 Å². The van der Waals surface area contributed by atoms with Crippen LogP contribution < -0.4 is 5.32 Å². The number of amides is 1. The molecule has 0 saturated heterocycles. The molecule has 22 heavy (non-hydrogen) atoms. The Balaban J connectivity index is 1.54. The lowest BCUT2D eigenvalue weighted by Crippen LogP contribution is -2.39. The van der Waals surface area contributed by atoms with Crippen LogP contribution in [0.5, 0.6) is 0 Å². The highest BCUT2D eigenvalue weighted by atomic mass is 19.1. The van der Waals surface area contributed by atoms with Crippen LogP contribution in [0.2, 0.25) is 0 Å². The number of aliphatic hydroxyl groups is 1. The van der Waals surface area contributed by atoms with E-state index in [-0.39, 0.29) is 30.4 Å². The summed E-state index contributed by atoms with van der Waals surface area (Å²) in [5.74, 6) is -1.06. The van der Waals surface area contributed by atoms with Crippen molar-refractivity contribution in [1.82, 2.24) is 5.32 Å². The van der Waals surface area contributed by atoms with Crippen molar-refractivity contribution < 1.29 is 18.7 Å². The molecule has 2 N–H and O–H groups in total. The molecule has 2 aliphatic rings. The topological polar surface area (TPSA) is 49.3 Å². The fourth-order valence-corrected chi connectivity index (χ4v) is 3.42. The van der Waals surface area contributed by atoms with Gasteiger partial charge in [0.25, 0.3) is 0 Å². The van der Waals surface area contributed by atoms with Gasteiger partial charge in [0.05, 0.1) is 0 Å². The van der Waals surface area contributed by atoms with Crippen molar-refractivity contribution in [2.24, 2.45) is 11.8 Å². The summed E-state index contributed by atoms with van der Waals surface area (Å²) in [6.07, 6.45) is 4.19. The summed E-state index contributed by atoms with van der Waals surface area (Å²) in [4.78, 5) is 12.2. The molecule has 0 aromatic heterocycles. The Morgan fingerprint density at radius 2 is 1.95 bits per heavy atom. The van der Waals surface area contributed by atoms with Gasteiger partial charge >= 0.3 is 0 Å². The van der Waals surface area contributed by atoms with Crippen LogP contribution in [0.15, 0.2) is 18.2 Å². The smallest absolute Gasteiger partial charge is 0.223 e. The van der Waals surface area contributed by atoms with Crippen molar-refractivity contribution in [3.05, 3.63) is 35.4 Å². The van der Waals surface area contributed by atoms with Crippen molar-refractivity contribution in [3.8, 4) is 0 Å². The van der Waals surface area contributed by atoms with Crippen molar-refractivity contribution in [2.45, 2.75) is 44.1 Å². The highest BCUT2D eigenvalue weighted by Gasteiger charge is 2.45. The second-order valence-corrected chi connectivity index (χ2v) is 6.52. The molecule has 0 aliphatic heterocycles. The zero-order valence-corrected chi connectivity index (χ0v) is 12.4. The van der Waals surface area contributed by atoms with E-state index in [2.05, 4.69) is 5.32 Å². The Hall–Kier alpha value is -1.49. The summed E-state index contributed by atoms with van der Waals surface area (Å²) in [5, 5.41) is 12.1. The van der Waals surface area contributed by atoms with E-state index in [9.17, 15) is 13.6 Å². The number of benzene rings is 1. The number of nitrogens with one attached hydrogen (secondary N) is 1. The van der Waals surface area contributed by atoms with Crippen LogP contribution in [0.25, 0.3) is 0 Å². The molecule has 5 heteroatoms. The first-order chi connectivity index (χ1) is 10.6. The molecule has 2 fully saturated rings. The molecule has 3 rings (SSSR count). The number of rotatable bonds is 4. The van der Waals surface area contributed by atoms with E-state index in [0.717, 1.165) is 37.8 Å². The van der Waals surface area contributed by atoms with Gasteiger partial charge in [-0.05, 0) is 67.7 Å². The second-order valence-electron chi connectivity index (χ2n) is 6.52. The van der Waals surface area contributed by atoms with Gasteiger partial charge in [0, 0.05) is 18.6 Å². The highest BCUT2D eigenvalue weighted by molar-refractivity contribution is 5.83. The standard InChI is InChI=1S/C17H21F2NO2/c18-11-3-6-16(19)14(7-11)13-8-15(13)17(22)20-12-4-1-10(9-21)2-5-12/h3,6-7,10,12-13,15,21H,1-2,4-5,8-9H2,(H,20,22). The van der Waals surface area contributed by atoms with Gasteiger partial charge in [-0.1, -0.05) is 0 Å². The third kappa shape index (κ3) is 3.29. The SMILES string of the molecule is O=C(NC1CCC(CO)CC1)C1CC1c1cc(F)ccc1F. The predicted molar refractivity (Wildman–Crippen MR) is 78.2 cm³/mol. The van der Waals surface area contributed by atoms with Crippen LogP contribution in [0.4, 0.5) is 8.78 Å². The molecule has 2 aliphatic carbocycles. The lowest BCUT2D eigenvalue weighted by atomic mass is 9.86.